The van der Waals surface area contributed by atoms with E-state index in [-0.39, 0.29) is 0 Å². The van der Waals surface area contributed by atoms with Gasteiger partial charge in [0.1, 0.15) is 0 Å². The van der Waals surface area contributed by atoms with Gasteiger partial charge < -0.3 is 4.98 Å². The Balaban J connectivity index is 0.000000133. The predicted octanol–water partition coefficient (Wildman–Crippen LogP) is 5.53. The molecule has 0 spiro atoms. The van der Waals surface area contributed by atoms with Gasteiger partial charge >= 0.3 is 0 Å². The Labute approximate surface area is 130 Å². The summed E-state index contributed by atoms with van der Waals surface area (Å²) in [5.41, 5.74) is 3.71. The van der Waals surface area contributed by atoms with Crippen molar-refractivity contribution in [2.24, 2.45) is 0 Å². The molecule has 0 amide bonds. The number of hydrogen-bond donors (Lipinski definition) is 1. The van der Waals surface area contributed by atoms with Gasteiger partial charge in [-0.05, 0) is 29.7 Å². The number of fused-ring (bicyclic) bond motifs is 2. The Bertz CT molecular complexity index is 809. The van der Waals surface area contributed by atoms with Crippen molar-refractivity contribution in [3.8, 4) is 0 Å². The maximum Gasteiger partial charge on any atom is 0.0701 e. The van der Waals surface area contributed by atoms with Crippen molar-refractivity contribution >= 4 is 21.8 Å². The lowest BCUT2D eigenvalue weighted by molar-refractivity contribution is 0.875. The van der Waals surface area contributed by atoms with Gasteiger partial charge in [-0.3, -0.25) is 4.98 Å². The van der Waals surface area contributed by atoms with Gasteiger partial charge in [-0.15, -0.1) is 0 Å². The molecule has 2 aromatic carbocycles. The second-order valence-corrected chi connectivity index (χ2v) is 5.64. The molecule has 0 aliphatic rings. The quantitative estimate of drug-likeness (QED) is 0.490. The van der Waals surface area contributed by atoms with Crippen molar-refractivity contribution < 1.29 is 0 Å². The molecule has 2 nitrogen and oxygen atoms in total. The van der Waals surface area contributed by atoms with Crippen LogP contribution in [0, 0.1) is 0 Å². The molecule has 0 radical (unpaired) electrons. The lowest BCUT2D eigenvalue weighted by Crippen LogP contribution is -1.82. The molecule has 2 heterocycles. The fourth-order valence-electron chi connectivity index (χ4n) is 2.59. The first-order valence-corrected chi connectivity index (χ1v) is 7.61. The van der Waals surface area contributed by atoms with Crippen LogP contribution in [0.25, 0.3) is 21.8 Å². The van der Waals surface area contributed by atoms with Crippen LogP contribution < -0.4 is 0 Å². The lowest BCUT2D eigenvalue weighted by atomic mass is 10.0. The van der Waals surface area contributed by atoms with Gasteiger partial charge in [-0.25, -0.2) is 0 Å². The summed E-state index contributed by atoms with van der Waals surface area (Å²) >= 11 is 0. The first-order valence-electron chi connectivity index (χ1n) is 7.61. The molecule has 1 N–H and O–H groups in total. The molecule has 2 aromatic heterocycles. The monoisotopic (exact) mass is 288 g/mol. The summed E-state index contributed by atoms with van der Waals surface area (Å²) in [5, 5.41) is 2.55. The number of aromatic amines is 1. The van der Waals surface area contributed by atoms with E-state index in [4.69, 9.17) is 0 Å². The third-order valence-corrected chi connectivity index (χ3v) is 3.76. The van der Waals surface area contributed by atoms with E-state index in [0.717, 1.165) is 5.52 Å². The van der Waals surface area contributed by atoms with E-state index in [1.54, 1.807) is 0 Å². The van der Waals surface area contributed by atoms with E-state index >= 15 is 0 Å². The first kappa shape index (κ1) is 14.3. The molecule has 0 saturated heterocycles. The van der Waals surface area contributed by atoms with Crippen LogP contribution in [0.15, 0.2) is 73.1 Å². The topological polar surface area (TPSA) is 28.7 Å². The Hall–Kier alpha value is -2.61. The van der Waals surface area contributed by atoms with Crippen LogP contribution in [0.1, 0.15) is 25.3 Å². The van der Waals surface area contributed by atoms with Crippen LogP contribution in [0.5, 0.6) is 0 Å². The molecular weight excluding hydrogens is 268 g/mol. The number of nitrogens with one attached hydrogen (secondary N) is 1. The Morgan fingerprint density at radius 2 is 1.59 bits per heavy atom. The van der Waals surface area contributed by atoms with Gasteiger partial charge in [-0.2, -0.15) is 0 Å². The highest BCUT2D eigenvalue weighted by atomic mass is 14.7. The zero-order valence-electron chi connectivity index (χ0n) is 13.0. The van der Waals surface area contributed by atoms with Gasteiger partial charge in [0.2, 0.25) is 0 Å². The van der Waals surface area contributed by atoms with E-state index in [1.807, 2.05) is 30.5 Å². The standard InChI is InChI=1S/C11H13N.C9H7N/c1-8(2)10-7-12-11-6-4-3-5-9(10)11;1-2-6-9-8(4-1)5-3-7-10-9/h3-8,12H,1-2H3;1-7H. The average Bonchev–Trinajstić information content (AvgIpc) is 3.00. The highest BCUT2D eigenvalue weighted by molar-refractivity contribution is 5.83. The molecule has 0 saturated carbocycles. The summed E-state index contributed by atoms with van der Waals surface area (Å²) in [6.07, 6.45) is 3.91. The van der Waals surface area contributed by atoms with Crippen molar-refractivity contribution in [1.29, 1.82) is 0 Å². The van der Waals surface area contributed by atoms with Gasteiger partial charge in [0.25, 0.3) is 0 Å². The molecule has 0 unspecified atom stereocenters. The Morgan fingerprint density at radius 1 is 0.864 bits per heavy atom. The minimum Gasteiger partial charge on any atom is -0.361 e. The van der Waals surface area contributed by atoms with E-state index in [1.165, 1.54) is 21.9 Å². The van der Waals surface area contributed by atoms with Crippen LogP contribution in [0.4, 0.5) is 0 Å². The first-order chi connectivity index (χ1) is 10.8. The summed E-state index contributed by atoms with van der Waals surface area (Å²) in [4.78, 5) is 7.45. The minimum atomic E-state index is 0.598. The molecule has 110 valence electrons. The highest BCUT2D eigenvalue weighted by Gasteiger charge is 2.04. The van der Waals surface area contributed by atoms with E-state index in [2.05, 4.69) is 66.4 Å². The summed E-state index contributed by atoms with van der Waals surface area (Å²) in [6, 6.07) is 20.5. The summed E-state index contributed by atoms with van der Waals surface area (Å²) in [7, 11) is 0. The summed E-state index contributed by atoms with van der Waals surface area (Å²) in [6.45, 7) is 4.44. The zero-order valence-corrected chi connectivity index (χ0v) is 13.0. The molecule has 0 aliphatic heterocycles. The minimum absolute atomic E-state index is 0.598. The number of aromatic nitrogens is 2. The van der Waals surface area contributed by atoms with E-state index in [9.17, 15) is 0 Å². The summed E-state index contributed by atoms with van der Waals surface area (Å²) in [5.74, 6) is 0.598. The fraction of sp³-hybridized carbons (Fsp3) is 0.150. The molecular formula is C20H20N2. The van der Waals surface area contributed by atoms with Crippen LogP contribution in [0.3, 0.4) is 0 Å². The molecule has 0 atom stereocenters. The molecule has 22 heavy (non-hydrogen) atoms. The van der Waals surface area contributed by atoms with Crippen molar-refractivity contribution in [3.05, 3.63) is 78.6 Å². The zero-order chi connectivity index (χ0) is 15.4. The van der Waals surface area contributed by atoms with Crippen LogP contribution in [0.2, 0.25) is 0 Å². The SMILES string of the molecule is CC(C)c1c[nH]c2ccccc12.c1ccc2ncccc2c1. The van der Waals surface area contributed by atoms with E-state index in [0.29, 0.717) is 5.92 Å². The molecule has 4 rings (SSSR count). The number of para-hydroxylation sites is 2. The number of hydrogen-bond acceptors (Lipinski definition) is 1. The van der Waals surface area contributed by atoms with Gasteiger partial charge in [0.05, 0.1) is 5.52 Å². The van der Waals surface area contributed by atoms with Crippen molar-refractivity contribution in [2.45, 2.75) is 19.8 Å². The van der Waals surface area contributed by atoms with Gasteiger partial charge in [0.15, 0.2) is 0 Å². The number of pyridine rings is 1. The van der Waals surface area contributed by atoms with Crippen molar-refractivity contribution in [2.75, 3.05) is 0 Å². The largest absolute Gasteiger partial charge is 0.361 e. The number of benzene rings is 2. The van der Waals surface area contributed by atoms with Crippen LogP contribution in [-0.2, 0) is 0 Å². The smallest absolute Gasteiger partial charge is 0.0701 e. The molecule has 0 aliphatic carbocycles. The Kier molecular flexibility index (Phi) is 4.19. The second-order valence-electron chi connectivity index (χ2n) is 5.64. The van der Waals surface area contributed by atoms with Crippen molar-refractivity contribution in [3.63, 3.8) is 0 Å². The van der Waals surface area contributed by atoms with Gasteiger partial charge in [0, 0.05) is 28.7 Å². The number of rotatable bonds is 1. The van der Waals surface area contributed by atoms with E-state index < -0.39 is 0 Å². The lowest BCUT2D eigenvalue weighted by Gasteiger charge is -2.00. The average molecular weight is 288 g/mol. The normalized spacial score (nSPS) is 10.7. The third kappa shape index (κ3) is 3.01. The maximum atomic E-state index is 4.18. The molecule has 4 aromatic rings. The fourth-order valence-corrected chi connectivity index (χ4v) is 2.59. The highest BCUT2D eigenvalue weighted by Crippen LogP contribution is 2.24. The van der Waals surface area contributed by atoms with Crippen molar-refractivity contribution in [1.82, 2.24) is 9.97 Å². The third-order valence-electron chi connectivity index (χ3n) is 3.76. The number of H-pyrrole nitrogens is 1. The Morgan fingerprint density at radius 3 is 2.41 bits per heavy atom. The second kappa shape index (κ2) is 6.44. The molecule has 0 bridgehead atoms. The molecule has 0 fully saturated rings. The van der Waals surface area contributed by atoms with Crippen LogP contribution >= 0.6 is 0 Å². The van der Waals surface area contributed by atoms with Gasteiger partial charge in [-0.1, -0.05) is 56.3 Å². The predicted molar refractivity (Wildman–Crippen MR) is 94.1 cm³/mol. The number of nitrogens with zero attached hydrogens (tertiary/aromatic N) is 1. The maximum absolute atomic E-state index is 4.18. The van der Waals surface area contributed by atoms with Crippen LogP contribution in [-0.4, -0.2) is 9.97 Å². The summed E-state index contributed by atoms with van der Waals surface area (Å²) < 4.78 is 0. The molecule has 2 heteroatoms.